The van der Waals surface area contributed by atoms with Crippen LogP contribution in [0.3, 0.4) is 0 Å². The number of nitrogens with one attached hydrogen (secondary N) is 1. The van der Waals surface area contributed by atoms with E-state index in [0.717, 1.165) is 43.2 Å². The number of aryl methyl sites for hydroxylation is 2. The van der Waals surface area contributed by atoms with Gasteiger partial charge < -0.3 is 14.4 Å². The Morgan fingerprint density at radius 1 is 1.23 bits per heavy atom. The van der Waals surface area contributed by atoms with Gasteiger partial charge in [-0.1, -0.05) is 24.4 Å². The largest absolute Gasteiger partial charge is 0.344 e. The van der Waals surface area contributed by atoms with Gasteiger partial charge in [-0.2, -0.15) is 4.98 Å². The number of amides is 1. The minimum Gasteiger partial charge on any atom is -0.344 e. The van der Waals surface area contributed by atoms with Crippen LogP contribution in [0.2, 0.25) is 0 Å². The molecule has 1 amide bonds. The van der Waals surface area contributed by atoms with E-state index in [4.69, 9.17) is 4.52 Å². The second-order valence-electron chi connectivity index (χ2n) is 7.57. The Bertz CT molecular complexity index is 776. The number of hydrogen-bond acceptors (Lipinski definition) is 6. The van der Waals surface area contributed by atoms with Gasteiger partial charge in [0.15, 0.2) is 5.82 Å². The van der Waals surface area contributed by atoms with Crippen molar-refractivity contribution in [2.75, 3.05) is 0 Å². The molecular formula is C18H26N6O2. The maximum absolute atomic E-state index is 12.7. The number of hydrogen-bond donors (Lipinski definition) is 1. The van der Waals surface area contributed by atoms with Crippen LogP contribution in [0, 0.1) is 12.8 Å². The molecule has 0 aromatic carbocycles. The van der Waals surface area contributed by atoms with E-state index in [1.807, 2.05) is 18.4 Å². The fourth-order valence-electron chi connectivity index (χ4n) is 4.02. The van der Waals surface area contributed by atoms with Gasteiger partial charge in [0.05, 0.1) is 5.92 Å². The van der Waals surface area contributed by atoms with E-state index in [1.165, 1.54) is 19.3 Å². The van der Waals surface area contributed by atoms with Crippen LogP contribution in [0.25, 0.3) is 0 Å². The van der Waals surface area contributed by atoms with E-state index in [9.17, 15) is 4.79 Å². The van der Waals surface area contributed by atoms with Crippen LogP contribution in [0.1, 0.15) is 80.8 Å². The van der Waals surface area contributed by atoms with E-state index in [0.29, 0.717) is 18.4 Å². The number of fused-ring (bicyclic) bond motifs is 1. The molecule has 0 bridgehead atoms. The van der Waals surface area contributed by atoms with Crippen molar-refractivity contribution in [3.05, 3.63) is 23.4 Å². The third-order valence-electron chi connectivity index (χ3n) is 5.66. The summed E-state index contributed by atoms with van der Waals surface area (Å²) in [4.78, 5) is 17.2. The summed E-state index contributed by atoms with van der Waals surface area (Å²) in [5.74, 6) is 3.46. The highest BCUT2D eigenvalue weighted by molar-refractivity contribution is 5.79. The first-order chi connectivity index (χ1) is 12.6. The molecule has 8 nitrogen and oxygen atoms in total. The predicted octanol–water partition coefficient (Wildman–Crippen LogP) is 2.46. The third kappa shape index (κ3) is 3.37. The first-order valence-electron chi connectivity index (χ1n) is 9.64. The molecule has 2 aromatic heterocycles. The summed E-state index contributed by atoms with van der Waals surface area (Å²) in [7, 11) is 0. The molecule has 1 aliphatic carbocycles. The SMILES string of the molecule is Cc1nnc2n1C[C@H](C(=O)N[C@H](C)c1nc(C3CCCCC3)no1)CC2. The van der Waals surface area contributed by atoms with Crippen molar-refractivity contribution >= 4 is 5.91 Å². The van der Waals surface area contributed by atoms with Crippen molar-refractivity contribution in [2.24, 2.45) is 5.92 Å². The zero-order valence-corrected chi connectivity index (χ0v) is 15.4. The summed E-state index contributed by atoms with van der Waals surface area (Å²) in [6, 6.07) is -0.282. The normalized spacial score (nSPS) is 22.0. The highest BCUT2D eigenvalue weighted by Crippen LogP contribution is 2.31. The third-order valence-corrected chi connectivity index (χ3v) is 5.66. The molecule has 1 saturated carbocycles. The Morgan fingerprint density at radius 2 is 2.04 bits per heavy atom. The van der Waals surface area contributed by atoms with Crippen LogP contribution >= 0.6 is 0 Å². The number of nitrogens with zero attached hydrogens (tertiary/aromatic N) is 5. The van der Waals surface area contributed by atoms with Crippen LogP contribution in [0.15, 0.2) is 4.52 Å². The minimum atomic E-state index is -0.282. The number of carbonyl (C=O) groups excluding carboxylic acids is 1. The molecule has 2 aliphatic rings. The molecule has 0 saturated heterocycles. The topological polar surface area (TPSA) is 98.7 Å². The quantitative estimate of drug-likeness (QED) is 0.901. The van der Waals surface area contributed by atoms with E-state index in [-0.39, 0.29) is 17.9 Å². The van der Waals surface area contributed by atoms with Crippen molar-refractivity contribution in [2.45, 2.75) is 77.3 Å². The number of aromatic nitrogens is 5. The molecule has 0 radical (unpaired) electrons. The smallest absolute Gasteiger partial charge is 0.248 e. The highest BCUT2D eigenvalue weighted by Gasteiger charge is 2.29. The average molecular weight is 358 g/mol. The highest BCUT2D eigenvalue weighted by atomic mass is 16.5. The van der Waals surface area contributed by atoms with Crippen LogP contribution < -0.4 is 5.32 Å². The summed E-state index contributed by atoms with van der Waals surface area (Å²) in [6.07, 6.45) is 7.57. The lowest BCUT2D eigenvalue weighted by atomic mass is 9.89. The maximum atomic E-state index is 12.7. The fourth-order valence-corrected chi connectivity index (χ4v) is 4.02. The molecule has 1 N–H and O–H groups in total. The molecule has 8 heteroatoms. The van der Waals surface area contributed by atoms with Gasteiger partial charge in [0, 0.05) is 18.9 Å². The summed E-state index contributed by atoms with van der Waals surface area (Å²) in [6.45, 7) is 4.45. The van der Waals surface area contributed by atoms with E-state index < -0.39 is 0 Å². The van der Waals surface area contributed by atoms with Gasteiger partial charge in [0.25, 0.3) is 0 Å². The summed E-state index contributed by atoms with van der Waals surface area (Å²) in [5, 5.41) is 15.4. The molecule has 0 unspecified atom stereocenters. The van der Waals surface area contributed by atoms with Gasteiger partial charge in [0.1, 0.15) is 17.7 Å². The molecular weight excluding hydrogens is 332 g/mol. The van der Waals surface area contributed by atoms with E-state index >= 15 is 0 Å². The molecule has 2 aromatic rings. The Hall–Kier alpha value is -2.25. The molecule has 3 heterocycles. The summed E-state index contributed by atoms with van der Waals surface area (Å²) < 4.78 is 7.46. The van der Waals surface area contributed by atoms with Crippen molar-refractivity contribution in [1.82, 2.24) is 30.2 Å². The molecule has 1 aliphatic heterocycles. The first kappa shape index (κ1) is 17.2. The van der Waals surface area contributed by atoms with Crippen LogP contribution in [-0.4, -0.2) is 30.8 Å². The molecule has 26 heavy (non-hydrogen) atoms. The Kier molecular flexibility index (Phi) is 4.74. The first-order valence-corrected chi connectivity index (χ1v) is 9.64. The maximum Gasteiger partial charge on any atom is 0.248 e. The monoisotopic (exact) mass is 358 g/mol. The second kappa shape index (κ2) is 7.17. The van der Waals surface area contributed by atoms with Gasteiger partial charge in [-0.05, 0) is 33.1 Å². The number of rotatable bonds is 4. The van der Waals surface area contributed by atoms with Crippen LogP contribution in [0.4, 0.5) is 0 Å². The predicted molar refractivity (Wildman–Crippen MR) is 93.3 cm³/mol. The summed E-state index contributed by atoms with van der Waals surface area (Å²) >= 11 is 0. The minimum absolute atomic E-state index is 0.0219. The molecule has 4 rings (SSSR count). The van der Waals surface area contributed by atoms with Gasteiger partial charge in [-0.15, -0.1) is 10.2 Å². The van der Waals surface area contributed by atoms with Crippen LogP contribution in [-0.2, 0) is 17.8 Å². The zero-order chi connectivity index (χ0) is 18.1. The number of carbonyl (C=O) groups is 1. The Labute approximate surface area is 152 Å². The van der Waals surface area contributed by atoms with Crippen LogP contribution in [0.5, 0.6) is 0 Å². The molecule has 2 atom stereocenters. The molecule has 0 spiro atoms. The lowest BCUT2D eigenvalue weighted by Gasteiger charge is -2.24. The zero-order valence-electron chi connectivity index (χ0n) is 15.4. The van der Waals surface area contributed by atoms with E-state index in [2.05, 4.69) is 25.7 Å². The van der Waals surface area contributed by atoms with Crippen molar-refractivity contribution in [3.8, 4) is 0 Å². The van der Waals surface area contributed by atoms with Gasteiger partial charge in [-0.25, -0.2) is 0 Å². The van der Waals surface area contributed by atoms with Gasteiger partial charge in [-0.3, -0.25) is 4.79 Å². The Morgan fingerprint density at radius 3 is 2.85 bits per heavy atom. The fraction of sp³-hybridized carbons (Fsp3) is 0.722. The summed E-state index contributed by atoms with van der Waals surface area (Å²) in [5.41, 5.74) is 0. The standard InChI is InChI=1S/C18H26N6O2/c1-11(18-20-16(23-26-18)13-6-4-3-5-7-13)19-17(25)14-8-9-15-22-21-12(2)24(15)10-14/h11,13-14H,3-10H2,1-2H3,(H,19,25)/t11-,14-/m1/s1. The van der Waals surface area contributed by atoms with Crippen molar-refractivity contribution < 1.29 is 9.32 Å². The average Bonchev–Trinajstić information content (AvgIpc) is 3.30. The van der Waals surface area contributed by atoms with E-state index in [1.54, 1.807) is 0 Å². The lowest BCUT2D eigenvalue weighted by molar-refractivity contribution is -0.126. The molecule has 140 valence electrons. The lowest BCUT2D eigenvalue weighted by Crippen LogP contribution is -2.37. The van der Waals surface area contributed by atoms with Crippen molar-refractivity contribution in [1.29, 1.82) is 0 Å². The van der Waals surface area contributed by atoms with Gasteiger partial charge in [0.2, 0.25) is 11.8 Å². The second-order valence-corrected chi connectivity index (χ2v) is 7.57. The molecule has 1 fully saturated rings. The van der Waals surface area contributed by atoms with Gasteiger partial charge >= 0.3 is 0 Å². The Balaban J connectivity index is 1.37. The van der Waals surface area contributed by atoms with Crippen molar-refractivity contribution in [3.63, 3.8) is 0 Å².